The summed E-state index contributed by atoms with van der Waals surface area (Å²) in [4.78, 5) is 33.7. The fraction of sp³-hybridized carbons (Fsp3) is 0.333. The average molecular weight is 429 g/mol. The fourth-order valence-electron chi connectivity index (χ4n) is 2.77. The Kier molecular flexibility index (Phi) is 5.92. The van der Waals surface area contributed by atoms with Crippen LogP contribution in [0, 0.1) is 0 Å². The van der Waals surface area contributed by atoms with Gasteiger partial charge in [0.25, 0.3) is 5.91 Å². The van der Waals surface area contributed by atoms with Crippen LogP contribution in [-0.2, 0) is 17.9 Å². The summed E-state index contributed by atoms with van der Waals surface area (Å²) in [7, 11) is 0. The summed E-state index contributed by atoms with van der Waals surface area (Å²) in [6.07, 6.45) is -1.49. The number of amides is 2. The maximum atomic E-state index is 12.7. The Hall–Kier alpha value is -2.88. The smallest absolute Gasteiger partial charge is 0.422 e. The second kappa shape index (κ2) is 8.24. The van der Waals surface area contributed by atoms with E-state index in [-0.39, 0.29) is 42.2 Å². The molecule has 2 aromatic heterocycles. The predicted octanol–water partition coefficient (Wildman–Crippen LogP) is 3.58. The van der Waals surface area contributed by atoms with Crippen molar-refractivity contribution in [1.29, 1.82) is 0 Å². The molecule has 29 heavy (non-hydrogen) atoms. The number of nitrogens with one attached hydrogen (secondary N) is 1. The van der Waals surface area contributed by atoms with Crippen LogP contribution in [0.15, 0.2) is 24.5 Å². The van der Waals surface area contributed by atoms with Gasteiger partial charge in [-0.05, 0) is 17.7 Å². The van der Waals surface area contributed by atoms with E-state index in [4.69, 9.17) is 11.6 Å². The first-order valence-corrected chi connectivity index (χ1v) is 8.96. The van der Waals surface area contributed by atoms with Gasteiger partial charge >= 0.3 is 6.18 Å². The molecule has 3 heterocycles. The highest BCUT2D eigenvalue weighted by Gasteiger charge is 2.31. The molecule has 1 aliphatic rings. The second-order valence-electron chi connectivity index (χ2n) is 6.28. The van der Waals surface area contributed by atoms with Crippen molar-refractivity contribution >= 4 is 29.2 Å². The highest BCUT2D eigenvalue weighted by Crippen LogP contribution is 2.30. The molecule has 11 heteroatoms. The van der Waals surface area contributed by atoms with Gasteiger partial charge in [0.1, 0.15) is 10.8 Å². The number of halogens is 4. The number of ether oxygens (including phenoxy) is 1. The van der Waals surface area contributed by atoms with Gasteiger partial charge in [-0.15, -0.1) is 0 Å². The number of alkyl halides is 3. The molecule has 0 radical (unpaired) electrons. The fourth-order valence-corrected chi connectivity index (χ4v) is 3.01. The van der Waals surface area contributed by atoms with Gasteiger partial charge in [-0.2, -0.15) is 13.2 Å². The number of rotatable bonds is 6. The van der Waals surface area contributed by atoms with Gasteiger partial charge < -0.3 is 15.0 Å². The van der Waals surface area contributed by atoms with Crippen molar-refractivity contribution in [3.63, 3.8) is 0 Å². The standard InChI is InChI=1S/C18H16ClF3N4O3/c1-2-14(27)25-15-12-8-26(17(28)11(12)3-4-23-15)7-10-5-13(19)16(24-6-10)29-9-18(20,21)22/h3-6H,2,7-9H2,1H3,(H,23,25,27). The van der Waals surface area contributed by atoms with E-state index in [1.54, 1.807) is 13.0 Å². The molecule has 0 saturated heterocycles. The zero-order chi connectivity index (χ0) is 21.2. The van der Waals surface area contributed by atoms with Gasteiger partial charge in [0, 0.05) is 36.5 Å². The van der Waals surface area contributed by atoms with Crippen LogP contribution in [0.5, 0.6) is 5.88 Å². The van der Waals surface area contributed by atoms with Crippen LogP contribution in [0.3, 0.4) is 0 Å². The van der Waals surface area contributed by atoms with E-state index >= 15 is 0 Å². The molecule has 0 unspecified atom stereocenters. The number of hydrogen-bond donors (Lipinski definition) is 1. The highest BCUT2D eigenvalue weighted by molar-refractivity contribution is 6.31. The minimum atomic E-state index is -4.50. The lowest BCUT2D eigenvalue weighted by molar-refractivity contribution is -0.154. The van der Waals surface area contributed by atoms with Crippen molar-refractivity contribution < 1.29 is 27.5 Å². The SMILES string of the molecule is CCC(=O)Nc1nccc2c1CN(Cc1cnc(OCC(F)(F)F)c(Cl)c1)C2=O. The number of hydrogen-bond acceptors (Lipinski definition) is 5. The zero-order valence-corrected chi connectivity index (χ0v) is 16.0. The molecule has 0 atom stereocenters. The molecule has 0 fully saturated rings. The molecule has 0 aromatic carbocycles. The van der Waals surface area contributed by atoms with Crippen LogP contribution in [0.4, 0.5) is 19.0 Å². The van der Waals surface area contributed by atoms with E-state index in [9.17, 15) is 22.8 Å². The quantitative estimate of drug-likeness (QED) is 0.760. The van der Waals surface area contributed by atoms with Crippen LogP contribution in [0.25, 0.3) is 0 Å². The first-order valence-electron chi connectivity index (χ1n) is 8.59. The van der Waals surface area contributed by atoms with Crippen molar-refractivity contribution in [2.45, 2.75) is 32.6 Å². The van der Waals surface area contributed by atoms with E-state index in [1.807, 2.05) is 0 Å². The number of anilines is 1. The van der Waals surface area contributed by atoms with E-state index in [0.29, 0.717) is 22.5 Å². The van der Waals surface area contributed by atoms with Crippen molar-refractivity contribution in [2.24, 2.45) is 0 Å². The lowest BCUT2D eigenvalue weighted by atomic mass is 10.1. The van der Waals surface area contributed by atoms with Crippen LogP contribution in [0.1, 0.15) is 34.8 Å². The van der Waals surface area contributed by atoms with Crippen molar-refractivity contribution in [1.82, 2.24) is 14.9 Å². The summed E-state index contributed by atoms with van der Waals surface area (Å²) in [5, 5.41) is 2.58. The average Bonchev–Trinajstić information content (AvgIpc) is 2.97. The maximum Gasteiger partial charge on any atom is 0.422 e. The Bertz CT molecular complexity index is 952. The molecule has 0 aliphatic carbocycles. The van der Waals surface area contributed by atoms with Gasteiger partial charge in [-0.25, -0.2) is 9.97 Å². The Morgan fingerprint density at radius 1 is 1.38 bits per heavy atom. The lowest BCUT2D eigenvalue weighted by Gasteiger charge is -2.16. The summed E-state index contributed by atoms with van der Waals surface area (Å²) >= 11 is 5.95. The van der Waals surface area contributed by atoms with E-state index in [1.165, 1.54) is 23.4 Å². The topological polar surface area (TPSA) is 84.4 Å². The monoisotopic (exact) mass is 428 g/mol. The third kappa shape index (κ3) is 4.94. The van der Waals surface area contributed by atoms with Crippen molar-refractivity contribution in [2.75, 3.05) is 11.9 Å². The van der Waals surface area contributed by atoms with Crippen LogP contribution < -0.4 is 10.1 Å². The van der Waals surface area contributed by atoms with Crippen molar-refractivity contribution in [3.8, 4) is 5.88 Å². The van der Waals surface area contributed by atoms with Gasteiger partial charge in [-0.1, -0.05) is 18.5 Å². The lowest BCUT2D eigenvalue weighted by Crippen LogP contribution is -2.23. The van der Waals surface area contributed by atoms with Gasteiger partial charge in [0.15, 0.2) is 6.61 Å². The number of carbonyl (C=O) groups excluding carboxylic acids is 2. The Morgan fingerprint density at radius 3 is 2.79 bits per heavy atom. The highest BCUT2D eigenvalue weighted by atomic mass is 35.5. The Balaban J connectivity index is 1.73. The molecule has 1 N–H and O–H groups in total. The summed E-state index contributed by atoms with van der Waals surface area (Å²) in [6, 6.07) is 2.97. The second-order valence-corrected chi connectivity index (χ2v) is 6.69. The largest absolute Gasteiger partial charge is 0.467 e. The normalized spacial score (nSPS) is 13.4. The number of fused-ring (bicyclic) bond motifs is 1. The van der Waals surface area contributed by atoms with Gasteiger partial charge in [-0.3, -0.25) is 9.59 Å². The van der Waals surface area contributed by atoms with Crippen LogP contribution in [0.2, 0.25) is 5.02 Å². The predicted molar refractivity (Wildman–Crippen MR) is 97.5 cm³/mol. The van der Waals surface area contributed by atoms with Gasteiger partial charge in [0.05, 0.1) is 6.54 Å². The molecule has 2 amide bonds. The summed E-state index contributed by atoms with van der Waals surface area (Å²) < 4.78 is 41.3. The van der Waals surface area contributed by atoms with E-state index in [0.717, 1.165) is 0 Å². The minimum absolute atomic E-state index is 0.0894. The molecule has 0 saturated carbocycles. The molecular formula is C18H16ClF3N4O3. The first kappa shape index (κ1) is 20.8. The molecular weight excluding hydrogens is 413 g/mol. The van der Waals surface area contributed by atoms with Gasteiger partial charge in [0.2, 0.25) is 11.8 Å². The van der Waals surface area contributed by atoms with Crippen molar-refractivity contribution in [3.05, 3.63) is 46.2 Å². The summed E-state index contributed by atoms with van der Waals surface area (Å²) in [5.41, 5.74) is 1.54. The van der Waals surface area contributed by atoms with Crippen LogP contribution >= 0.6 is 11.6 Å². The first-order chi connectivity index (χ1) is 13.7. The molecule has 7 nitrogen and oxygen atoms in total. The van der Waals surface area contributed by atoms with E-state index in [2.05, 4.69) is 20.0 Å². The Labute approximate surface area is 168 Å². The summed E-state index contributed by atoms with van der Waals surface area (Å²) in [5.74, 6) is -0.486. The molecule has 0 bridgehead atoms. The molecule has 1 aliphatic heterocycles. The van der Waals surface area contributed by atoms with Crippen LogP contribution in [-0.4, -0.2) is 39.5 Å². The minimum Gasteiger partial charge on any atom is -0.467 e. The Morgan fingerprint density at radius 2 is 2.14 bits per heavy atom. The number of pyridine rings is 2. The third-order valence-corrected chi connectivity index (χ3v) is 4.38. The number of nitrogens with zero attached hydrogens (tertiary/aromatic N) is 3. The number of carbonyl (C=O) groups is 2. The number of aromatic nitrogens is 2. The molecule has 2 aromatic rings. The molecule has 0 spiro atoms. The molecule has 154 valence electrons. The third-order valence-electron chi connectivity index (χ3n) is 4.11. The summed E-state index contributed by atoms with van der Waals surface area (Å²) in [6.45, 7) is 0.541. The molecule has 3 rings (SSSR count). The van der Waals surface area contributed by atoms with E-state index < -0.39 is 12.8 Å². The maximum absolute atomic E-state index is 12.7. The zero-order valence-electron chi connectivity index (χ0n) is 15.2.